The molecule has 0 aliphatic heterocycles. The summed E-state index contributed by atoms with van der Waals surface area (Å²) in [6, 6.07) is 26.8. The molecule has 5 heteroatoms. The summed E-state index contributed by atoms with van der Waals surface area (Å²) >= 11 is 0. The van der Waals surface area contributed by atoms with Gasteiger partial charge < -0.3 is 9.52 Å². The van der Waals surface area contributed by atoms with Gasteiger partial charge in [-0.05, 0) is 66.5 Å². The first kappa shape index (κ1) is 35.9. The number of ketones is 1. The number of carbonyl (C=O) groups excluding carboxylic acids is 1. The molecule has 2 aromatic heterocycles. The summed E-state index contributed by atoms with van der Waals surface area (Å²) in [4.78, 5) is 16.4. The predicted octanol–water partition coefficient (Wildman–Crippen LogP) is 11.3. The number of hydrogen-bond donors (Lipinski definition) is 1. The summed E-state index contributed by atoms with van der Waals surface area (Å²) in [7, 11) is 0. The second kappa shape index (κ2) is 16.2. The van der Waals surface area contributed by atoms with E-state index in [1.165, 1.54) is 17.0 Å². The molecule has 0 unspecified atom stereocenters. The Hall–Kier alpha value is -3.53. The van der Waals surface area contributed by atoms with Crippen molar-refractivity contribution >= 4 is 27.5 Å². The summed E-state index contributed by atoms with van der Waals surface area (Å²) in [6.45, 7) is 14.8. The number of pyridine rings is 1. The van der Waals surface area contributed by atoms with Crippen LogP contribution >= 0.6 is 0 Å². The first-order valence-electron chi connectivity index (χ1n) is 15.9. The maximum atomic E-state index is 11.7. The van der Waals surface area contributed by atoms with Gasteiger partial charge in [-0.25, -0.2) is 0 Å². The van der Waals surface area contributed by atoms with E-state index in [0.29, 0.717) is 0 Å². The quantitative estimate of drug-likeness (QED) is 0.0919. The van der Waals surface area contributed by atoms with Crippen molar-refractivity contribution in [2.24, 2.45) is 11.8 Å². The Bertz CT molecular complexity index is 1740. The molecule has 1 radical (unpaired) electrons. The maximum absolute atomic E-state index is 11.7. The van der Waals surface area contributed by atoms with Gasteiger partial charge in [-0.1, -0.05) is 89.7 Å². The molecule has 5 rings (SSSR count). The summed E-state index contributed by atoms with van der Waals surface area (Å²) in [5.41, 5.74) is 6.50. The second-order valence-electron chi connectivity index (χ2n) is 12.5. The molecular formula is C40H46IrNO3-. The number of nitrogens with zero attached hydrogens (tertiary/aromatic N) is 1. The molecule has 0 bridgehead atoms. The number of aliphatic hydroxyl groups excluding tert-OH is 1. The van der Waals surface area contributed by atoms with E-state index in [-0.39, 0.29) is 48.9 Å². The zero-order chi connectivity index (χ0) is 31.9. The first-order valence-corrected chi connectivity index (χ1v) is 15.9. The van der Waals surface area contributed by atoms with Gasteiger partial charge in [0.2, 0.25) is 0 Å². The van der Waals surface area contributed by atoms with Crippen molar-refractivity contribution in [2.75, 3.05) is 0 Å². The zero-order valence-electron chi connectivity index (χ0n) is 27.6. The van der Waals surface area contributed by atoms with Gasteiger partial charge in [0.05, 0.1) is 12.0 Å². The van der Waals surface area contributed by atoms with Crippen LogP contribution in [0.1, 0.15) is 79.7 Å². The largest absolute Gasteiger partial charge is 0.512 e. The maximum Gasteiger partial charge on any atom is 0.162 e. The molecule has 4 nitrogen and oxygen atoms in total. The minimum atomic E-state index is 0. The molecule has 3 aromatic carbocycles. The van der Waals surface area contributed by atoms with E-state index < -0.39 is 0 Å². The number of rotatable bonds is 9. The van der Waals surface area contributed by atoms with Crippen LogP contribution in [0.5, 0.6) is 0 Å². The number of aromatic nitrogens is 1. The van der Waals surface area contributed by atoms with Crippen molar-refractivity contribution in [3.05, 3.63) is 103 Å². The van der Waals surface area contributed by atoms with Gasteiger partial charge in [0.25, 0.3) is 0 Å². The Morgan fingerprint density at radius 1 is 0.889 bits per heavy atom. The number of fused-ring (bicyclic) bond motifs is 2. The van der Waals surface area contributed by atoms with Gasteiger partial charge in [0.15, 0.2) is 5.78 Å². The Balaban J connectivity index is 0.000000297. The summed E-state index contributed by atoms with van der Waals surface area (Å²) < 4.78 is 5.47. The predicted molar refractivity (Wildman–Crippen MR) is 184 cm³/mol. The number of carbonyl (C=O) groups is 1. The van der Waals surface area contributed by atoms with Gasteiger partial charge >= 0.3 is 0 Å². The first-order chi connectivity index (χ1) is 21.1. The zero-order valence-corrected chi connectivity index (χ0v) is 30.0. The molecule has 0 fully saturated rings. The Morgan fingerprint density at radius 2 is 1.56 bits per heavy atom. The van der Waals surface area contributed by atoms with Crippen molar-refractivity contribution in [3.8, 4) is 22.4 Å². The van der Waals surface area contributed by atoms with E-state index in [1.54, 1.807) is 6.26 Å². The second-order valence-corrected chi connectivity index (χ2v) is 12.5. The molecule has 239 valence electrons. The fourth-order valence-corrected chi connectivity index (χ4v) is 5.67. The Kier molecular flexibility index (Phi) is 12.9. The average Bonchev–Trinajstić information content (AvgIpc) is 3.50. The van der Waals surface area contributed by atoms with Gasteiger partial charge in [-0.2, -0.15) is 0 Å². The number of allylic oxidation sites excluding steroid dienone is 2. The summed E-state index contributed by atoms with van der Waals surface area (Å²) in [6.07, 6.45) is 8.51. The van der Waals surface area contributed by atoms with Crippen LogP contribution in [0.2, 0.25) is 0 Å². The van der Waals surface area contributed by atoms with Crippen molar-refractivity contribution in [1.82, 2.24) is 4.98 Å². The number of furan rings is 1. The van der Waals surface area contributed by atoms with Gasteiger partial charge in [-0.15, -0.1) is 29.1 Å². The standard InChI is InChI=1S/C27H22NO.C13H24O2.Ir/c1-27(2,3)24-16-22(15-20-6-4-5-7-23(20)24)25-17-19(10-12-28-25)18-8-9-26-21(14-18)11-13-29-26;1-5-10(6-2)12(14)9-13(15)11(7-3)8-4;/h4-14,16-17H,1-3H3;9-11,14H,5-8H2,1-4H3;/q-1;;/b;12-9-;. The van der Waals surface area contributed by atoms with Crippen LogP contribution < -0.4 is 0 Å². The molecule has 0 saturated carbocycles. The number of benzene rings is 3. The molecule has 0 aliphatic rings. The van der Waals surface area contributed by atoms with Crippen molar-refractivity contribution in [3.63, 3.8) is 0 Å². The van der Waals surface area contributed by atoms with E-state index in [1.807, 2.05) is 46.0 Å². The topological polar surface area (TPSA) is 63.3 Å². The molecule has 0 saturated heterocycles. The third-order valence-corrected chi connectivity index (χ3v) is 8.49. The van der Waals surface area contributed by atoms with E-state index in [9.17, 15) is 9.90 Å². The molecule has 0 atom stereocenters. The van der Waals surface area contributed by atoms with Crippen LogP contribution in [0, 0.1) is 17.9 Å². The molecule has 5 aromatic rings. The summed E-state index contributed by atoms with van der Waals surface area (Å²) in [5, 5.41) is 13.2. The smallest absolute Gasteiger partial charge is 0.162 e. The monoisotopic (exact) mass is 781 g/mol. The molecule has 45 heavy (non-hydrogen) atoms. The summed E-state index contributed by atoms with van der Waals surface area (Å²) in [5.74, 6) is 0.547. The third-order valence-electron chi connectivity index (χ3n) is 8.49. The molecule has 0 amide bonds. The van der Waals surface area contributed by atoms with Gasteiger partial charge in [-0.3, -0.25) is 9.78 Å². The van der Waals surface area contributed by atoms with E-state index in [4.69, 9.17) is 4.42 Å². The van der Waals surface area contributed by atoms with Crippen LogP contribution in [0.3, 0.4) is 0 Å². The molecule has 2 heterocycles. The minimum absolute atomic E-state index is 0. The fraction of sp³-hybridized carbons (Fsp3) is 0.350. The van der Waals surface area contributed by atoms with Crippen molar-refractivity contribution in [2.45, 2.75) is 79.6 Å². The fourth-order valence-electron chi connectivity index (χ4n) is 5.67. The molecule has 1 N–H and O–H groups in total. The van der Waals surface area contributed by atoms with Crippen LogP contribution in [-0.2, 0) is 30.3 Å². The Labute approximate surface area is 282 Å². The average molecular weight is 781 g/mol. The minimum Gasteiger partial charge on any atom is -0.512 e. The normalized spacial score (nSPS) is 11.9. The molecule has 0 spiro atoms. The van der Waals surface area contributed by atoms with Crippen molar-refractivity contribution in [1.29, 1.82) is 0 Å². The number of hydrogen-bond acceptors (Lipinski definition) is 4. The van der Waals surface area contributed by atoms with Crippen LogP contribution in [-0.4, -0.2) is 15.9 Å². The van der Waals surface area contributed by atoms with Crippen LogP contribution in [0.4, 0.5) is 0 Å². The molecule has 0 aliphatic carbocycles. The van der Waals surface area contributed by atoms with Crippen molar-refractivity contribution < 1.29 is 34.4 Å². The third kappa shape index (κ3) is 8.81. The van der Waals surface area contributed by atoms with E-state index in [0.717, 1.165) is 64.4 Å². The molecular weight excluding hydrogens is 735 g/mol. The van der Waals surface area contributed by atoms with Crippen LogP contribution in [0.25, 0.3) is 44.1 Å². The van der Waals surface area contributed by atoms with E-state index in [2.05, 4.69) is 86.4 Å². The van der Waals surface area contributed by atoms with Gasteiger partial charge in [0, 0.05) is 55.3 Å². The Morgan fingerprint density at radius 3 is 2.22 bits per heavy atom. The SMILES string of the molecule is CC(C)(C)c1cc(-c2cc(-c3ccc4occc4c3)ccn2)[c-]c2ccccc12.CCC(CC)C(=O)/C=C(\O)C(CC)CC.[Ir]. The van der Waals surface area contributed by atoms with Gasteiger partial charge in [0.1, 0.15) is 5.58 Å². The van der Waals surface area contributed by atoms with E-state index >= 15 is 0 Å². The number of aliphatic hydroxyl groups is 1. The van der Waals surface area contributed by atoms with Crippen LogP contribution in [0.15, 0.2) is 95.4 Å².